The standard InChI is InChI=1S/C21H16N2O8S/c22-21-20(32(28,29)15-7-2-1-3-8-15)17(12-5-4-6-13(9-12)23(26)27)19-18(31-21)16(25)10-14(11-24)30-19/h1-10,17,24H,11,22H2. The third-order valence-electron chi connectivity index (χ3n) is 4.87. The molecule has 3 aromatic rings. The number of hydrogen-bond acceptors (Lipinski definition) is 9. The SMILES string of the molecule is NC1=C(S(=O)(=O)c2ccccc2)C(c2cccc([N+](=O)[O-])c2)c2oc(CO)cc(=O)c2O1. The molecule has 1 aromatic heterocycles. The van der Waals surface area contributed by atoms with Crippen LogP contribution in [0.5, 0.6) is 5.75 Å². The Hall–Kier alpha value is -3.96. The Kier molecular flexibility index (Phi) is 5.28. The van der Waals surface area contributed by atoms with E-state index in [0.717, 1.165) is 6.07 Å². The van der Waals surface area contributed by atoms with E-state index < -0.39 is 43.5 Å². The summed E-state index contributed by atoms with van der Waals surface area (Å²) in [5.74, 6) is -2.61. The van der Waals surface area contributed by atoms with Crippen LogP contribution in [0.3, 0.4) is 0 Å². The molecule has 0 amide bonds. The molecule has 4 rings (SSSR count). The molecule has 164 valence electrons. The first kappa shape index (κ1) is 21.3. The highest BCUT2D eigenvalue weighted by Gasteiger charge is 2.42. The van der Waals surface area contributed by atoms with Crippen molar-refractivity contribution >= 4 is 15.5 Å². The molecule has 1 unspecified atom stereocenters. The number of benzene rings is 2. The lowest BCUT2D eigenvalue weighted by Gasteiger charge is -2.27. The fourth-order valence-electron chi connectivity index (χ4n) is 3.48. The Morgan fingerprint density at radius 3 is 2.47 bits per heavy atom. The first-order valence-electron chi connectivity index (χ1n) is 9.23. The van der Waals surface area contributed by atoms with E-state index in [1.807, 2.05) is 0 Å². The van der Waals surface area contributed by atoms with Crippen LogP contribution < -0.4 is 15.9 Å². The summed E-state index contributed by atoms with van der Waals surface area (Å²) in [6.07, 6.45) is 0. The number of nitrogens with two attached hydrogens (primary N) is 1. The van der Waals surface area contributed by atoms with Gasteiger partial charge in [0.1, 0.15) is 17.3 Å². The summed E-state index contributed by atoms with van der Waals surface area (Å²) in [6, 6.07) is 13.6. The summed E-state index contributed by atoms with van der Waals surface area (Å²) >= 11 is 0. The smallest absolute Gasteiger partial charge is 0.269 e. The molecule has 1 atom stereocenters. The van der Waals surface area contributed by atoms with Crippen molar-refractivity contribution in [3.63, 3.8) is 0 Å². The molecule has 2 heterocycles. The van der Waals surface area contributed by atoms with E-state index in [1.54, 1.807) is 6.07 Å². The van der Waals surface area contributed by atoms with E-state index >= 15 is 0 Å². The van der Waals surface area contributed by atoms with Crippen LogP contribution >= 0.6 is 0 Å². The van der Waals surface area contributed by atoms with Crippen molar-refractivity contribution in [3.8, 4) is 5.75 Å². The van der Waals surface area contributed by atoms with E-state index in [-0.39, 0.29) is 33.4 Å². The van der Waals surface area contributed by atoms with E-state index in [2.05, 4.69) is 0 Å². The maximum absolute atomic E-state index is 13.5. The van der Waals surface area contributed by atoms with E-state index in [4.69, 9.17) is 14.9 Å². The summed E-state index contributed by atoms with van der Waals surface area (Å²) in [5.41, 5.74) is 5.15. The third-order valence-corrected chi connectivity index (χ3v) is 6.78. The normalized spacial score (nSPS) is 15.7. The molecule has 1 aliphatic heterocycles. The number of nitro benzene ring substituents is 1. The Balaban J connectivity index is 2.05. The summed E-state index contributed by atoms with van der Waals surface area (Å²) < 4.78 is 38.0. The van der Waals surface area contributed by atoms with Crippen molar-refractivity contribution in [2.24, 2.45) is 5.73 Å². The van der Waals surface area contributed by atoms with Gasteiger partial charge < -0.3 is 20.0 Å². The highest BCUT2D eigenvalue weighted by Crippen LogP contribution is 2.45. The predicted molar refractivity (Wildman–Crippen MR) is 111 cm³/mol. The minimum atomic E-state index is -4.28. The molecule has 0 saturated carbocycles. The lowest BCUT2D eigenvalue weighted by atomic mass is 9.93. The average molecular weight is 456 g/mol. The van der Waals surface area contributed by atoms with Gasteiger partial charge in [0.25, 0.3) is 5.69 Å². The summed E-state index contributed by atoms with van der Waals surface area (Å²) in [4.78, 5) is 22.7. The van der Waals surface area contributed by atoms with E-state index in [9.17, 15) is 28.4 Å². The molecular formula is C21H16N2O8S. The van der Waals surface area contributed by atoms with Gasteiger partial charge in [-0.15, -0.1) is 0 Å². The lowest BCUT2D eigenvalue weighted by molar-refractivity contribution is -0.384. The van der Waals surface area contributed by atoms with Crippen LogP contribution in [0.15, 0.2) is 85.6 Å². The highest BCUT2D eigenvalue weighted by molar-refractivity contribution is 7.95. The minimum Gasteiger partial charge on any atom is -0.458 e. The Morgan fingerprint density at radius 1 is 1.09 bits per heavy atom. The second-order valence-electron chi connectivity index (χ2n) is 6.86. The van der Waals surface area contributed by atoms with Crippen LogP contribution in [0.1, 0.15) is 23.0 Å². The molecular weight excluding hydrogens is 440 g/mol. The zero-order chi connectivity index (χ0) is 23.0. The van der Waals surface area contributed by atoms with Gasteiger partial charge in [0.15, 0.2) is 5.76 Å². The second kappa shape index (κ2) is 7.94. The van der Waals surface area contributed by atoms with Crippen LogP contribution in [-0.2, 0) is 16.4 Å². The molecule has 10 nitrogen and oxygen atoms in total. The Morgan fingerprint density at radius 2 is 1.81 bits per heavy atom. The number of hydrogen-bond donors (Lipinski definition) is 2. The number of ether oxygens (including phenoxy) is 1. The number of nitro groups is 1. The van der Waals surface area contributed by atoms with Crippen LogP contribution in [-0.4, -0.2) is 18.4 Å². The molecule has 0 aliphatic carbocycles. The van der Waals surface area contributed by atoms with Crippen LogP contribution in [0.2, 0.25) is 0 Å². The van der Waals surface area contributed by atoms with E-state index in [0.29, 0.717) is 0 Å². The predicted octanol–water partition coefficient (Wildman–Crippen LogP) is 2.17. The van der Waals surface area contributed by atoms with Gasteiger partial charge in [-0.25, -0.2) is 8.42 Å². The van der Waals surface area contributed by atoms with Gasteiger partial charge in [0, 0.05) is 18.2 Å². The van der Waals surface area contributed by atoms with Crippen molar-refractivity contribution in [3.05, 3.63) is 109 Å². The fraction of sp³-hybridized carbons (Fsp3) is 0.0952. The minimum absolute atomic E-state index is 0.0962. The molecule has 32 heavy (non-hydrogen) atoms. The number of allylic oxidation sites excluding steroid dienone is 1. The number of fused-ring (bicyclic) bond motifs is 1. The first-order valence-corrected chi connectivity index (χ1v) is 10.7. The summed E-state index contributed by atoms with van der Waals surface area (Å²) in [5, 5.41) is 20.8. The molecule has 1 aliphatic rings. The fourth-order valence-corrected chi connectivity index (χ4v) is 5.10. The van der Waals surface area contributed by atoms with Gasteiger partial charge in [-0.2, -0.15) is 0 Å². The summed E-state index contributed by atoms with van der Waals surface area (Å²) in [6.45, 7) is -0.635. The van der Waals surface area contributed by atoms with Crippen molar-refractivity contribution in [1.82, 2.24) is 0 Å². The van der Waals surface area contributed by atoms with Gasteiger partial charge >= 0.3 is 0 Å². The second-order valence-corrected chi connectivity index (χ2v) is 8.78. The van der Waals surface area contributed by atoms with Crippen molar-refractivity contribution in [2.45, 2.75) is 17.4 Å². The number of nitrogens with zero attached hydrogens (tertiary/aromatic N) is 1. The zero-order valence-corrected chi connectivity index (χ0v) is 17.1. The van der Waals surface area contributed by atoms with Crippen molar-refractivity contribution in [2.75, 3.05) is 0 Å². The maximum Gasteiger partial charge on any atom is 0.269 e. The Labute approximate surface area is 181 Å². The third kappa shape index (κ3) is 3.53. The van der Waals surface area contributed by atoms with Crippen molar-refractivity contribution < 1.29 is 27.6 Å². The Bertz CT molecular complexity index is 1410. The molecule has 0 fully saturated rings. The summed E-state index contributed by atoms with van der Waals surface area (Å²) in [7, 11) is -4.28. The molecule has 0 radical (unpaired) electrons. The lowest BCUT2D eigenvalue weighted by Crippen LogP contribution is -2.29. The van der Waals surface area contributed by atoms with Crippen molar-refractivity contribution in [1.29, 1.82) is 0 Å². The van der Waals surface area contributed by atoms with Gasteiger partial charge in [-0.1, -0.05) is 30.3 Å². The number of non-ortho nitro benzene ring substituents is 1. The topological polar surface area (TPSA) is 163 Å². The number of aliphatic hydroxyl groups excluding tert-OH is 1. The zero-order valence-electron chi connectivity index (χ0n) is 16.3. The molecule has 0 bridgehead atoms. The molecule has 3 N–H and O–H groups in total. The number of sulfone groups is 1. The van der Waals surface area contributed by atoms with Crippen LogP contribution in [0.4, 0.5) is 5.69 Å². The maximum atomic E-state index is 13.5. The molecule has 0 spiro atoms. The molecule has 2 aromatic carbocycles. The quantitative estimate of drug-likeness (QED) is 0.432. The highest BCUT2D eigenvalue weighted by atomic mass is 32.2. The first-order chi connectivity index (χ1) is 15.2. The average Bonchev–Trinajstić information content (AvgIpc) is 2.79. The molecule has 11 heteroatoms. The largest absolute Gasteiger partial charge is 0.458 e. The van der Waals surface area contributed by atoms with Gasteiger partial charge in [0.05, 0.1) is 15.7 Å². The van der Waals surface area contributed by atoms with Crippen LogP contribution in [0, 0.1) is 10.1 Å². The van der Waals surface area contributed by atoms with Crippen LogP contribution in [0.25, 0.3) is 0 Å². The monoisotopic (exact) mass is 456 g/mol. The number of rotatable bonds is 5. The molecule has 0 saturated heterocycles. The van der Waals surface area contributed by atoms with E-state index in [1.165, 1.54) is 48.5 Å². The number of aliphatic hydroxyl groups is 1. The van der Waals surface area contributed by atoms with Gasteiger partial charge in [-0.3, -0.25) is 14.9 Å². The van der Waals surface area contributed by atoms with Gasteiger partial charge in [0.2, 0.25) is 26.9 Å². The van der Waals surface area contributed by atoms with Gasteiger partial charge in [-0.05, 0) is 17.7 Å².